The summed E-state index contributed by atoms with van der Waals surface area (Å²) in [6.45, 7) is 3.54. The lowest BCUT2D eigenvalue weighted by Crippen LogP contribution is -2.16. The Bertz CT molecular complexity index is 851. The zero-order valence-electron chi connectivity index (χ0n) is 13.3. The molecule has 0 saturated heterocycles. The third-order valence-corrected chi connectivity index (χ3v) is 3.56. The summed E-state index contributed by atoms with van der Waals surface area (Å²) in [5.74, 6) is 0.761. The van der Waals surface area contributed by atoms with Gasteiger partial charge in [-0.2, -0.15) is 4.98 Å². The average molecular weight is 329 g/mol. The van der Waals surface area contributed by atoms with Gasteiger partial charge in [0.15, 0.2) is 0 Å². The van der Waals surface area contributed by atoms with Gasteiger partial charge in [-0.15, -0.1) is 5.10 Å². The SMILES string of the molecule is Cc1noc(C)c1CC(=O)Nc1n[nH]c(Cc2cccc(F)c2)n1. The molecule has 1 aromatic carbocycles. The number of rotatable bonds is 5. The number of nitrogens with one attached hydrogen (secondary N) is 2. The van der Waals surface area contributed by atoms with Crippen molar-refractivity contribution in [1.82, 2.24) is 20.3 Å². The standard InChI is InChI=1S/C16H16FN5O2/c1-9-13(10(2)24-22-9)8-15(23)19-16-18-14(20-21-16)7-11-4-3-5-12(17)6-11/h3-6H,7-8H2,1-2H3,(H2,18,19,20,21,23). The van der Waals surface area contributed by atoms with Crippen LogP contribution in [0.2, 0.25) is 0 Å². The molecule has 0 saturated carbocycles. The van der Waals surface area contributed by atoms with Crippen LogP contribution in [0.4, 0.5) is 10.3 Å². The van der Waals surface area contributed by atoms with Gasteiger partial charge in [-0.05, 0) is 31.5 Å². The van der Waals surface area contributed by atoms with E-state index in [9.17, 15) is 9.18 Å². The smallest absolute Gasteiger partial charge is 0.248 e. The predicted octanol–water partition coefficient (Wildman–Crippen LogP) is 2.32. The molecule has 0 atom stereocenters. The topological polar surface area (TPSA) is 96.7 Å². The zero-order chi connectivity index (χ0) is 17.1. The number of nitrogens with zero attached hydrogens (tertiary/aromatic N) is 3. The van der Waals surface area contributed by atoms with Crippen molar-refractivity contribution in [1.29, 1.82) is 0 Å². The molecule has 0 fully saturated rings. The van der Waals surface area contributed by atoms with E-state index in [0.29, 0.717) is 23.7 Å². The van der Waals surface area contributed by atoms with E-state index in [1.165, 1.54) is 12.1 Å². The largest absolute Gasteiger partial charge is 0.361 e. The molecule has 0 spiro atoms. The number of anilines is 1. The maximum Gasteiger partial charge on any atom is 0.248 e. The van der Waals surface area contributed by atoms with Gasteiger partial charge in [0.2, 0.25) is 11.9 Å². The molecule has 0 bridgehead atoms. The summed E-state index contributed by atoms with van der Waals surface area (Å²) < 4.78 is 18.2. The Labute approximate surface area is 137 Å². The van der Waals surface area contributed by atoms with Gasteiger partial charge in [0.1, 0.15) is 17.4 Å². The summed E-state index contributed by atoms with van der Waals surface area (Å²) in [5.41, 5.74) is 2.20. The molecule has 2 aromatic heterocycles. The number of benzene rings is 1. The molecule has 0 aliphatic rings. The van der Waals surface area contributed by atoms with Crippen LogP contribution in [-0.4, -0.2) is 26.2 Å². The monoisotopic (exact) mass is 329 g/mol. The summed E-state index contributed by atoms with van der Waals surface area (Å²) in [5, 5.41) is 13.1. The first-order valence-electron chi connectivity index (χ1n) is 7.38. The van der Waals surface area contributed by atoms with E-state index in [1.807, 2.05) is 0 Å². The quantitative estimate of drug-likeness (QED) is 0.749. The lowest BCUT2D eigenvalue weighted by atomic mass is 10.1. The Hall–Kier alpha value is -3.03. The highest BCUT2D eigenvalue weighted by atomic mass is 19.1. The summed E-state index contributed by atoms with van der Waals surface area (Å²) in [6, 6.07) is 6.23. The van der Waals surface area contributed by atoms with E-state index in [4.69, 9.17) is 4.52 Å². The molecular formula is C16H16FN5O2. The molecule has 124 valence electrons. The first kappa shape index (κ1) is 15.9. The fourth-order valence-corrected chi connectivity index (χ4v) is 2.35. The second-order valence-corrected chi connectivity index (χ2v) is 5.44. The number of aromatic amines is 1. The molecule has 7 nitrogen and oxygen atoms in total. The van der Waals surface area contributed by atoms with Gasteiger partial charge in [-0.1, -0.05) is 17.3 Å². The van der Waals surface area contributed by atoms with Crippen LogP contribution in [0.15, 0.2) is 28.8 Å². The number of amides is 1. The molecule has 8 heteroatoms. The number of carbonyl (C=O) groups excluding carboxylic acids is 1. The van der Waals surface area contributed by atoms with E-state index in [-0.39, 0.29) is 24.1 Å². The van der Waals surface area contributed by atoms with Crippen molar-refractivity contribution in [3.63, 3.8) is 0 Å². The maximum absolute atomic E-state index is 13.2. The van der Waals surface area contributed by atoms with Crippen LogP contribution in [-0.2, 0) is 17.6 Å². The molecule has 2 N–H and O–H groups in total. The number of carbonyl (C=O) groups is 1. The second-order valence-electron chi connectivity index (χ2n) is 5.44. The van der Waals surface area contributed by atoms with Crippen molar-refractivity contribution in [2.75, 3.05) is 5.32 Å². The second kappa shape index (κ2) is 6.61. The van der Waals surface area contributed by atoms with E-state index >= 15 is 0 Å². The van der Waals surface area contributed by atoms with Gasteiger partial charge in [0.05, 0.1) is 12.1 Å². The number of hydrogen-bond acceptors (Lipinski definition) is 5. The van der Waals surface area contributed by atoms with Gasteiger partial charge < -0.3 is 4.52 Å². The van der Waals surface area contributed by atoms with Crippen LogP contribution in [0.5, 0.6) is 0 Å². The third kappa shape index (κ3) is 3.65. The number of halogens is 1. The van der Waals surface area contributed by atoms with Gasteiger partial charge in [-0.3, -0.25) is 15.2 Å². The Morgan fingerprint density at radius 2 is 2.21 bits per heavy atom. The van der Waals surface area contributed by atoms with E-state index in [1.54, 1.807) is 26.0 Å². The van der Waals surface area contributed by atoms with Crippen LogP contribution in [0.1, 0.15) is 28.4 Å². The van der Waals surface area contributed by atoms with Crippen LogP contribution >= 0.6 is 0 Å². The fourth-order valence-electron chi connectivity index (χ4n) is 2.35. The van der Waals surface area contributed by atoms with Gasteiger partial charge in [0, 0.05) is 12.0 Å². The number of hydrogen-bond donors (Lipinski definition) is 2. The van der Waals surface area contributed by atoms with Crippen LogP contribution in [0, 0.1) is 19.7 Å². The van der Waals surface area contributed by atoms with Crippen LogP contribution in [0.25, 0.3) is 0 Å². The highest BCUT2D eigenvalue weighted by molar-refractivity contribution is 5.90. The molecule has 1 amide bonds. The maximum atomic E-state index is 13.2. The van der Waals surface area contributed by atoms with Gasteiger partial charge >= 0.3 is 0 Å². The molecule has 0 unspecified atom stereocenters. The minimum absolute atomic E-state index is 0.134. The van der Waals surface area contributed by atoms with E-state index < -0.39 is 0 Å². The van der Waals surface area contributed by atoms with Gasteiger partial charge in [0.25, 0.3) is 0 Å². The number of aromatic nitrogens is 4. The molecule has 2 heterocycles. The normalized spacial score (nSPS) is 10.8. The van der Waals surface area contributed by atoms with Crippen LogP contribution < -0.4 is 5.32 Å². The molecule has 24 heavy (non-hydrogen) atoms. The van der Waals surface area contributed by atoms with E-state index in [2.05, 4.69) is 25.7 Å². The molecule has 0 radical (unpaired) electrons. The zero-order valence-corrected chi connectivity index (χ0v) is 13.3. The highest BCUT2D eigenvalue weighted by Gasteiger charge is 2.15. The summed E-state index contributed by atoms with van der Waals surface area (Å²) in [4.78, 5) is 16.3. The summed E-state index contributed by atoms with van der Waals surface area (Å²) in [7, 11) is 0. The first-order chi connectivity index (χ1) is 11.5. The molecule has 3 rings (SSSR count). The van der Waals surface area contributed by atoms with Crippen molar-refractivity contribution in [3.05, 3.63) is 58.5 Å². The summed E-state index contributed by atoms with van der Waals surface area (Å²) >= 11 is 0. The minimum atomic E-state index is -0.306. The van der Waals surface area contributed by atoms with Crippen molar-refractivity contribution in [2.24, 2.45) is 0 Å². The van der Waals surface area contributed by atoms with Crippen molar-refractivity contribution >= 4 is 11.9 Å². The minimum Gasteiger partial charge on any atom is -0.361 e. The Balaban J connectivity index is 1.62. The first-order valence-corrected chi connectivity index (χ1v) is 7.38. The molecule has 3 aromatic rings. The number of H-pyrrole nitrogens is 1. The molecular weight excluding hydrogens is 313 g/mol. The fraction of sp³-hybridized carbons (Fsp3) is 0.250. The Morgan fingerprint density at radius 3 is 2.92 bits per heavy atom. The lowest BCUT2D eigenvalue weighted by Gasteiger charge is -2.00. The average Bonchev–Trinajstić information content (AvgIpc) is 3.08. The summed E-state index contributed by atoms with van der Waals surface area (Å²) in [6.07, 6.45) is 0.527. The Kier molecular flexibility index (Phi) is 4.37. The van der Waals surface area contributed by atoms with E-state index in [0.717, 1.165) is 11.1 Å². The predicted molar refractivity (Wildman–Crippen MR) is 83.9 cm³/mol. The van der Waals surface area contributed by atoms with Crippen LogP contribution in [0.3, 0.4) is 0 Å². The van der Waals surface area contributed by atoms with Crippen molar-refractivity contribution in [2.45, 2.75) is 26.7 Å². The van der Waals surface area contributed by atoms with Crippen molar-refractivity contribution < 1.29 is 13.7 Å². The molecule has 0 aliphatic carbocycles. The molecule has 0 aliphatic heterocycles. The third-order valence-electron chi connectivity index (χ3n) is 3.56. The van der Waals surface area contributed by atoms with Crippen molar-refractivity contribution in [3.8, 4) is 0 Å². The lowest BCUT2D eigenvalue weighted by molar-refractivity contribution is -0.115. The Morgan fingerprint density at radius 1 is 1.38 bits per heavy atom. The number of aryl methyl sites for hydroxylation is 2. The highest BCUT2D eigenvalue weighted by Crippen LogP contribution is 2.14. The van der Waals surface area contributed by atoms with Gasteiger partial charge in [-0.25, -0.2) is 4.39 Å².